The molecule has 0 aromatic rings. The molecule has 1 rings (SSSR count). The highest BCUT2D eigenvalue weighted by molar-refractivity contribution is 5.17. The van der Waals surface area contributed by atoms with Crippen LogP contribution in [0.15, 0.2) is 0 Å². The monoisotopic (exact) mass is 147 g/mol. The first kappa shape index (κ1) is 7.50. The maximum atomic E-state index is 8.47. The summed E-state index contributed by atoms with van der Waals surface area (Å²) in [5, 5.41) is 30.6. The van der Waals surface area contributed by atoms with Crippen molar-refractivity contribution in [3.63, 3.8) is 0 Å². The van der Waals surface area contributed by atoms with Gasteiger partial charge in [0, 0.05) is 0 Å². The Morgan fingerprint density at radius 1 is 0.818 bits per heavy atom. The Hall–Kier alpha value is -1.61. The SMILES string of the molecule is N#CC1NC(C#N)C(C#N)N1. The molecule has 2 N–H and O–H groups in total. The van der Waals surface area contributed by atoms with Gasteiger partial charge in [0.2, 0.25) is 0 Å². The third kappa shape index (κ3) is 1.28. The first-order valence-corrected chi connectivity index (χ1v) is 3.02. The highest BCUT2D eigenvalue weighted by atomic mass is 15.2. The van der Waals surface area contributed by atoms with Gasteiger partial charge in [0.1, 0.15) is 18.2 Å². The van der Waals surface area contributed by atoms with Crippen LogP contribution < -0.4 is 10.6 Å². The van der Waals surface area contributed by atoms with E-state index in [1.807, 2.05) is 18.2 Å². The molecule has 2 unspecified atom stereocenters. The smallest absolute Gasteiger partial charge is 0.150 e. The van der Waals surface area contributed by atoms with E-state index in [2.05, 4.69) is 10.6 Å². The number of hydrogen-bond acceptors (Lipinski definition) is 5. The zero-order chi connectivity index (χ0) is 8.27. The molecule has 5 heteroatoms. The molecule has 0 radical (unpaired) electrons. The van der Waals surface area contributed by atoms with Gasteiger partial charge in [-0.1, -0.05) is 0 Å². The Labute approximate surface area is 63.8 Å². The van der Waals surface area contributed by atoms with Gasteiger partial charge in [-0.15, -0.1) is 0 Å². The number of rotatable bonds is 0. The number of nitrogens with one attached hydrogen (secondary N) is 2. The van der Waals surface area contributed by atoms with Crippen LogP contribution in [0.2, 0.25) is 0 Å². The molecule has 0 bridgehead atoms. The van der Waals surface area contributed by atoms with Gasteiger partial charge in [0.25, 0.3) is 0 Å². The zero-order valence-electron chi connectivity index (χ0n) is 5.57. The molecule has 0 amide bonds. The van der Waals surface area contributed by atoms with Gasteiger partial charge in [-0.3, -0.25) is 10.6 Å². The lowest BCUT2D eigenvalue weighted by molar-refractivity contribution is 0.655. The third-order valence-electron chi connectivity index (χ3n) is 1.43. The first-order chi connectivity index (χ1) is 5.31. The van der Waals surface area contributed by atoms with E-state index in [1.54, 1.807) is 0 Å². The Morgan fingerprint density at radius 2 is 1.27 bits per heavy atom. The predicted molar refractivity (Wildman–Crippen MR) is 34.5 cm³/mol. The second-order valence-corrected chi connectivity index (χ2v) is 2.11. The Morgan fingerprint density at radius 3 is 1.55 bits per heavy atom. The summed E-state index contributed by atoms with van der Waals surface area (Å²) in [5.41, 5.74) is 0. The maximum absolute atomic E-state index is 8.47. The highest BCUT2D eigenvalue weighted by Gasteiger charge is 2.32. The largest absolute Gasteiger partial charge is 0.272 e. The maximum Gasteiger partial charge on any atom is 0.150 e. The molecule has 1 fully saturated rings. The summed E-state index contributed by atoms with van der Waals surface area (Å²) in [6, 6.07) is 4.47. The van der Waals surface area contributed by atoms with Crippen LogP contribution in [0.25, 0.3) is 0 Å². The molecule has 0 spiro atoms. The molecule has 0 aromatic carbocycles. The summed E-state index contributed by atoms with van der Waals surface area (Å²) in [5.74, 6) is 0. The van der Waals surface area contributed by atoms with Gasteiger partial charge >= 0.3 is 0 Å². The van der Waals surface area contributed by atoms with Crippen molar-refractivity contribution in [3.05, 3.63) is 0 Å². The topological polar surface area (TPSA) is 95.4 Å². The van der Waals surface area contributed by atoms with Crippen molar-refractivity contribution in [2.24, 2.45) is 0 Å². The summed E-state index contributed by atoms with van der Waals surface area (Å²) in [6.07, 6.45) is -0.579. The molecule has 2 atom stereocenters. The van der Waals surface area contributed by atoms with Crippen LogP contribution in [-0.2, 0) is 0 Å². The quantitative estimate of drug-likeness (QED) is 0.449. The summed E-state index contributed by atoms with van der Waals surface area (Å²) in [6.45, 7) is 0. The molecule has 1 heterocycles. The Kier molecular flexibility index (Phi) is 2.03. The lowest BCUT2D eigenvalue weighted by Crippen LogP contribution is -2.31. The van der Waals surface area contributed by atoms with Crippen LogP contribution in [0.3, 0.4) is 0 Å². The number of hydrogen-bond donors (Lipinski definition) is 2. The predicted octanol–water partition coefficient (Wildman–Crippen LogP) is -1.19. The van der Waals surface area contributed by atoms with E-state index in [-0.39, 0.29) is 0 Å². The summed E-state index contributed by atoms with van der Waals surface area (Å²) < 4.78 is 0. The zero-order valence-corrected chi connectivity index (χ0v) is 5.57. The first-order valence-electron chi connectivity index (χ1n) is 3.02. The summed E-state index contributed by atoms with van der Waals surface area (Å²) in [4.78, 5) is 0. The van der Waals surface area contributed by atoms with Crippen LogP contribution in [-0.4, -0.2) is 18.2 Å². The molecular formula is C6H5N5. The molecule has 11 heavy (non-hydrogen) atoms. The minimum atomic E-state index is -0.579. The third-order valence-corrected chi connectivity index (χ3v) is 1.43. The van der Waals surface area contributed by atoms with Gasteiger partial charge < -0.3 is 0 Å². The van der Waals surface area contributed by atoms with Crippen molar-refractivity contribution in [2.45, 2.75) is 18.2 Å². The minimum Gasteiger partial charge on any atom is -0.272 e. The fraction of sp³-hybridized carbons (Fsp3) is 0.500. The number of nitriles is 3. The van der Waals surface area contributed by atoms with Crippen LogP contribution in [0.5, 0.6) is 0 Å². The van der Waals surface area contributed by atoms with Crippen LogP contribution >= 0.6 is 0 Å². The molecule has 0 aromatic heterocycles. The molecule has 0 saturated carbocycles. The Bertz CT molecular complexity index is 242. The van der Waals surface area contributed by atoms with E-state index < -0.39 is 18.2 Å². The Balaban J connectivity index is 2.67. The average Bonchev–Trinajstić information content (AvgIpc) is 2.46. The summed E-state index contributed by atoms with van der Waals surface area (Å²) >= 11 is 0. The molecule has 1 aliphatic rings. The van der Waals surface area contributed by atoms with Gasteiger partial charge in [0.15, 0.2) is 0 Å². The van der Waals surface area contributed by atoms with E-state index >= 15 is 0 Å². The second kappa shape index (κ2) is 2.98. The standard InChI is InChI=1S/C6H5N5/c7-1-4-5(2-8)11-6(3-9)10-4/h4-6,10-11H. The van der Waals surface area contributed by atoms with Crippen LogP contribution in [0.1, 0.15) is 0 Å². The fourth-order valence-corrected chi connectivity index (χ4v) is 0.898. The molecule has 1 aliphatic heterocycles. The molecular weight excluding hydrogens is 142 g/mol. The van der Waals surface area contributed by atoms with Gasteiger partial charge in [-0.05, 0) is 0 Å². The van der Waals surface area contributed by atoms with Crippen LogP contribution in [0.4, 0.5) is 0 Å². The van der Waals surface area contributed by atoms with E-state index in [9.17, 15) is 0 Å². The van der Waals surface area contributed by atoms with Crippen molar-refractivity contribution in [3.8, 4) is 18.2 Å². The molecule has 54 valence electrons. The minimum absolute atomic E-state index is 0.579. The molecule has 5 nitrogen and oxygen atoms in total. The van der Waals surface area contributed by atoms with Gasteiger partial charge in [-0.2, -0.15) is 15.8 Å². The average molecular weight is 147 g/mol. The van der Waals surface area contributed by atoms with Crippen molar-refractivity contribution in [2.75, 3.05) is 0 Å². The van der Waals surface area contributed by atoms with E-state index in [1.165, 1.54) is 0 Å². The lowest BCUT2D eigenvalue weighted by atomic mass is 10.2. The van der Waals surface area contributed by atoms with Crippen molar-refractivity contribution in [1.82, 2.24) is 10.6 Å². The molecule has 0 aliphatic carbocycles. The lowest BCUT2D eigenvalue weighted by Gasteiger charge is -1.99. The van der Waals surface area contributed by atoms with Crippen molar-refractivity contribution in [1.29, 1.82) is 15.8 Å². The number of nitrogens with zero attached hydrogens (tertiary/aromatic N) is 3. The summed E-state index contributed by atoms with van der Waals surface area (Å²) in [7, 11) is 0. The second-order valence-electron chi connectivity index (χ2n) is 2.11. The van der Waals surface area contributed by atoms with Crippen molar-refractivity contribution < 1.29 is 0 Å². The molecule has 1 saturated heterocycles. The van der Waals surface area contributed by atoms with E-state index in [0.717, 1.165) is 0 Å². The fourth-order valence-electron chi connectivity index (χ4n) is 0.898. The van der Waals surface area contributed by atoms with Gasteiger partial charge in [0.05, 0.1) is 18.2 Å². The van der Waals surface area contributed by atoms with E-state index in [0.29, 0.717) is 0 Å². The normalized spacial score (nSPS) is 35.2. The van der Waals surface area contributed by atoms with E-state index in [4.69, 9.17) is 15.8 Å². The van der Waals surface area contributed by atoms with Crippen molar-refractivity contribution >= 4 is 0 Å². The highest BCUT2D eigenvalue weighted by Crippen LogP contribution is 2.01. The van der Waals surface area contributed by atoms with Gasteiger partial charge in [-0.25, -0.2) is 0 Å². The van der Waals surface area contributed by atoms with Crippen LogP contribution in [0, 0.1) is 34.0 Å².